The van der Waals surface area contributed by atoms with Crippen molar-refractivity contribution in [3.63, 3.8) is 0 Å². The third-order valence-electron chi connectivity index (χ3n) is 8.12. The fraction of sp³-hybridized carbons (Fsp3) is 0.310. The van der Waals surface area contributed by atoms with Crippen LogP contribution in [0.25, 0.3) is 49.1 Å². The normalized spacial score (nSPS) is 15.8. The summed E-state index contributed by atoms with van der Waals surface area (Å²) < 4.78 is 4.72. The van der Waals surface area contributed by atoms with Crippen LogP contribution in [0.15, 0.2) is 48.8 Å². The van der Waals surface area contributed by atoms with E-state index in [2.05, 4.69) is 72.3 Å². The van der Waals surface area contributed by atoms with Gasteiger partial charge in [0.2, 0.25) is 5.52 Å². The lowest BCUT2D eigenvalue weighted by molar-refractivity contribution is -0.647. The molecule has 0 saturated heterocycles. The minimum Gasteiger partial charge on any atom is -0.302 e. The number of rotatable bonds is 1. The Morgan fingerprint density at radius 3 is 2.62 bits per heavy atom. The van der Waals surface area contributed by atoms with Crippen LogP contribution in [-0.4, -0.2) is 9.38 Å². The number of aromatic nitrogens is 3. The number of pyridine rings is 1. The zero-order valence-electron chi connectivity index (χ0n) is 19.1. The van der Waals surface area contributed by atoms with Gasteiger partial charge in [-0.3, -0.25) is 0 Å². The molecule has 3 aromatic heterocycles. The fourth-order valence-electron chi connectivity index (χ4n) is 6.40. The second-order valence-corrected chi connectivity index (χ2v) is 9.92. The zero-order valence-corrected chi connectivity index (χ0v) is 19.1. The van der Waals surface area contributed by atoms with E-state index in [1.165, 1.54) is 92.4 Å². The van der Waals surface area contributed by atoms with Crippen LogP contribution in [0.5, 0.6) is 0 Å². The first-order chi connectivity index (χ1) is 15.6. The van der Waals surface area contributed by atoms with Crippen LogP contribution in [0.3, 0.4) is 0 Å². The van der Waals surface area contributed by atoms with Crippen molar-refractivity contribution in [2.45, 2.75) is 51.9 Å². The van der Waals surface area contributed by atoms with Crippen LogP contribution >= 0.6 is 0 Å². The Hall–Kier alpha value is -3.20. The molecule has 0 unspecified atom stereocenters. The van der Waals surface area contributed by atoms with E-state index in [0.29, 0.717) is 5.92 Å². The molecule has 6 aromatic rings. The molecular weight excluding hydrogens is 390 g/mol. The first kappa shape index (κ1) is 18.4. The molecule has 0 N–H and O–H groups in total. The third-order valence-corrected chi connectivity index (χ3v) is 8.12. The molecule has 0 bridgehead atoms. The molecule has 0 radical (unpaired) electrons. The van der Waals surface area contributed by atoms with Gasteiger partial charge in [0.05, 0.1) is 23.5 Å². The SMILES string of the molecule is Cc1cc2cccc3c2c(c1C)c1c2c(nc[n+]1C)c1ccc(C4CCCCC4)cc1n32. The summed E-state index contributed by atoms with van der Waals surface area (Å²) in [5.41, 5.74) is 10.5. The molecule has 0 aliphatic heterocycles. The Balaban J connectivity index is 1.74. The first-order valence-electron chi connectivity index (χ1n) is 12.0. The van der Waals surface area contributed by atoms with E-state index >= 15 is 0 Å². The smallest absolute Gasteiger partial charge is 0.287 e. The lowest BCUT2D eigenvalue weighted by Crippen LogP contribution is -2.30. The average molecular weight is 419 g/mol. The van der Waals surface area contributed by atoms with Crippen molar-refractivity contribution in [3.05, 3.63) is 65.5 Å². The standard InChI is InChI=1S/C29H28N3/c1-17-14-21-10-7-11-23-26(21)25(18(17)2)28-29-27(30-16-31(28)3)22-13-12-20(15-24(22)32(23)29)19-8-5-4-6-9-19/h7,10-16,19H,4-6,8-9H2,1-3H3/q+1. The second-order valence-electron chi connectivity index (χ2n) is 9.92. The number of nitrogens with zero attached hydrogens (tertiary/aromatic N) is 3. The van der Waals surface area contributed by atoms with Gasteiger partial charge >= 0.3 is 0 Å². The van der Waals surface area contributed by atoms with Crippen molar-refractivity contribution in [2.75, 3.05) is 0 Å². The average Bonchev–Trinajstić information content (AvgIpc) is 3.15. The highest BCUT2D eigenvalue weighted by Gasteiger charge is 2.26. The molecule has 3 aromatic carbocycles. The molecule has 32 heavy (non-hydrogen) atoms. The molecule has 0 spiro atoms. The van der Waals surface area contributed by atoms with E-state index in [9.17, 15) is 0 Å². The summed E-state index contributed by atoms with van der Waals surface area (Å²) in [6, 6.07) is 16.3. The van der Waals surface area contributed by atoms with Crippen molar-refractivity contribution in [1.29, 1.82) is 0 Å². The minimum atomic E-state index is 0.694. The van der Waals surface area contributed by atoms with Crippen molar-refractivity contribution in [1.82, 2.24) is 9.38 Å². The third kappa shape index (κ3) is 2.26. The molecule has 158 valence electrons. The van der Waals surface area contributed by atoms with Gasteiger partial charge in [-0.1, -0.05) is 43.5 Å². The summed E-state index contributed by atoms with van der Waals surface area (Å²) in [5.74, 6) is 0.694. The molecule has 0 atom stereocenters. The van der Waals surface area contributed by atoms with Crippen molar-refractivity contribution < 1.29 is 4.57 Å². The Bertz CT molecular complexity index is 1680. The van der Waals surface area contributed by atoms with Crippen molar-refractivity contribution in [3.8, 4) is 0 Å². The maximum atomic E-state index is 4.95. The van der Waals surface area contributed by atoms with E-state index < -0.39 is 0 Å². The maximum Gasteiger partial charge on any atom is 0.287 e. The number of fused-ring (bicyclic) bond motifs is 5. The second kappa shape index (κ2) is 6.41. The summed E-state index contributed by atoms with van der Waals surface area (Å²) in [5, 5.41) is 5.32. The van der Waals surface area contributed by atoms with E-state index in [0.717, 1.165) is 5.52 Å². The van der Waals surface area contributed by atoms with Gasteiger partial charge in [0.1, 0.15) is 5.52 Å². The van der Waals surface area contributed by atoms with Gasteiger partial charge in [-0.25, -0.2) is 4.57 Å². The number of benzene rings is 3. The molecule has 0 amide bonds. The predicted octanol–water partition coefficient (Wildman–Crippen LogP) is 6.87. The highest BCUT2D eigenvalue weighted by atomic mass is 15.0. The van der Waals surface area contributed by atoms with Crippen LogP contribution in [0, 0.1) is 13.8 Å². The van der Waals surface area contributed by atoms with Gasteiger partial charge in [0.15, 0.2) is 5.52 Å². The van der Waals surface area contributed by atoms with Crippen LogP contribution < -0.4 is 4.57 Å². The van der Waals surface area contributed by atoms with E-state index in [1.54, 1.807) is 0 Å². The van der Waals surface area contributed by atoms with Gasteiger partial charge in [-0.15, -0.1) is 0 Å². The molecule has 3 heterocycles. The highest BCUT2D eigenvalue weighted by molar-refractivity contribution is 6.25. The van der Waals surface area contributed by atoms with Crippen LogP contribution in [0.4, 0.5) is 0 Å². The Morgan fingerprint density at radius 2 is 1.78 bits per heavy atom. The number of hydrogen-bond donors (Lipinski definition) is 0. The molecule has 3 heteroatoms. The lowest BCUT2D eigenvalue weighted by atomic mass is 9.84. The maximum absolute atomic E-state index is 4.95. The summed E-state index contributed by atoms with van der Waals surface area (Å²) in [4.78, 5) is 4.95. The van der Waals surface area contributed by atoms with Gasteiger partial charge < -0.3 is 4.40 Å². The van der Waals surface area contributed by atoms with E-state index in [-0.39, 0.29) is 0 Å². The fourth-order valence-corrected chi connectivity index (χ4v) is 6.40. The number of aryl methyl sites for hydroxylation is 3. The first-order valence-corrected chi connectivity index (χ1v) is 12.0. The van der Waals surface area contributed by atoms with Gasteiger partial charge in [-0.05, 0) is 77.9 Å². The van der Waals surface area contributed by atoms with E-state index in [1.807, 2.05) is 6.33 Å². The van der Waals surface area contributed by atoms with Gasteiger partial charge in [0, 0.05) is 10.8 Å². The summed E-state index contributed by atoms with van der Waals surface area (Å²) >= 11 is 0. The van der Waals surface area contributed by atoms with Crippen LogP contribution in [-0.2, 0) is 7.05 Å². The highest BCUT2D eigenvalue weighted by Crippen LogP contribution is 2.41. The quantitative estimate of drug-likeness (QED) is 0.162. The molecule has 1 saturated carbocycles. The Kier molecular flexibility index (Phi) is 3.68. The summed E-state index contributed by atoms with van der Waals surface area (Å²) in [7, 11) is 2.14. The Labute approximate surface area is 187 Å². The van der Waals surface area contributed by atoms with E-state index in [4.69, 9.17) is 4.98 Å². The summed E-state index contributed by atoms with van der Waals surface area (Å²) in [6.45, 7) is 4.50. The lowest BCUT2D eigenvalue weighted by Gasteiger charge is -2.22. The van der Waals surface area contributed by atoms with Crippen molar-refractivity contribution in [2.24, 2.45) is 7.05 Å². The predicted molar refractivity (Wildman–Crippen MR) is 133 cm³/mol. The molecule has 7 rings (SSSR count). The molecule has 3 nitrogen and oxygen atoms in total. The molecule has 1 aliphatic carbocycles. The summed E-state index contributed by atoms with van der Waals surface area (Å²) in [6.07, 6.45) is 8.75. The minimum absolute atomic E-state index is 0.694. The molecule has 1 aliphatic rings. The van der Waals surface area contributed by atoms with Crippen LogP contribution in [0.1, 0.15) is 54.7 Å². The molecular formula is C29H28N3+. The zero-order chi connectivity index (χ0) is 21.6. The number of hydrogen-bond acceptors (Lipinski definition) is 1. The van der Waals surface area contributed by atoms with Crippen molar-refractivity contribution >= 4 is 49.1 Å². The van der Waals surface area contributed by atoms with Gasteiger partial charge in [0.25, 0.3) is 6.33 Å². The topological polar surface area (TPSA) is 21.2 Å². The monoisotopic (exact) mass is 418 g/mol. The molecule has 1 fully saturated rings. The largest absolute Gasteiger partial charge is 0.302 e. The van der Waals surface area contributed by atoms with Gasteiger partial charge in [-0.2, -0.15) is 0 Å². The van der Waals surface area contributed by atoms with Crippen LogP contribution in [0.2, 0.25) is 0 Å². The Morgan fingerprint density at radius 1 is 0.938 bits per heavy atom.